The third kappa shape index (κ3) is 2.42. The Balaban J connectivity index is 2.04. The zero-order chi connectivity index (χ0) is 13.2. The molecule has 0 saturated heterocycles. The first-order chi connectivity index (χ1) is 9.24. The molecule has 19 heavy (non-hydrogen) atoms. The molecule has 0 saturated carbocycles. The van der Waals surface area contributed by atoms with E-state index in [0.29, 0.717) is 5.69 Å². The molecule has 0 unspecified atom stereocenters. The minimum atomic E-state index is 0.689. The number of fused-ring (bicyclic) bond motifs is 1. The van der Waals surface area contributed by atoms with E-state index in [4.69, 9.17) is 10.5 Å². The van der Waals surface area contributed by atoms with Crippen molar-refractivity contribution in [2.75, 3.05) is 5.73 Å². The van der Waals surface area contributed by atoms with Crippen LogP contribution >= 0.6 is 15.9 Å². The van der Waals surface area contributed by atoms with E-state index in [0.717, 1.165) is 21.4 Å². The average Bonchev–Trinajstić information content (AvgIpc) is 2.42. The fraction of sp³-hybridized carbons (Fsp3) is 0. The lowest BCUT2D eigenvalue weighted by molar-refractivity contribution is 0.481. The second-order valence-electron chi connectivity index (χ2n) is 4.27. The summed E-state index contributed by atoms with van der Waals surface area (Å²) in [7, 11) is 0. The van der Waals surface area contributed by atoms with Crippen molar-refractivity contribution in [1.29, 1.82) is 0 Å². The molecule has 0 heterocycles. The van der Waals surface area contributed by atoms with E-state index >= 15 is 0 Å². The lowest BCUT2D eigenvalue weighted by Crippen LogP contribution is -1.89. The molecule has 0 atom stereocenters. The van der Waals surface area contributed by atoms with Gasteiger partial charge < -0.3 is 10.5 Å². The first kappa shape index (κ1) is 12.1. The van der Waals surface area contributed by atoms with Crippen molar-refractivity contribution >= 4 is 32.4 Å². The van der Waals surface area contributed by atoms with Crippen LogP contribution in [-0.2, 0) is 0 Å². The van der Waals surface area contributed by atoms with E-state index in [2.05, 4.69) is 28.1 Å². The van der Waals surface area contributed by atoms with Crippen molar-refractivity contribution in [2.24, 2.45) is 0 Å². The second-order valence-corrected chi connectivity index (χ2v) is 5.07. The Hall–Kier alpha value is -2.00. The van der Waals surface area contributed by atoms with Gasteiger partial charge in [-0.15, -0.1) is 0 Å². The summed E-state index contributed by atoms with van der Waals surface area (Å²) in [6.07, 6.45) is 0. The first-order valence-corrected chi connectivity index (χ1v) is 6.74. The van der Waals surface area contributed by atoms with Gasteiger partial charge in [0.15, 0.2) is 0 Å². The van der Waals surface area contributed by atoms with Crippen LogP contribution in [0.3, 0.4) is 0 Å². The highest BCUT2D eigenvalue weighted by Crippen LogP contribution is 2.35. The Morgan fingerprint density at radius 2 is 1.74 bits per heavy atom. The van der Waals surface area contributed by atoms with E-state index in [9.17, 15) is 0 Å². The Kier molecular flexibility index (Phi) is 3.13. The quantitative estimate of drug-likeness (QED) is 0.677. The summed E-state index contributed by atoms with van der Waals surface area (Å²) in [6.45, 7) is 0. The minimum absolute atomic E-state index is 0.689. The largest absolute Gasteiger partial charge is 0.456 e. The van der Waals surface area contributed by atoms with Gasteiger partial charge in [0.25, 0.3) is 0 Å². The summed E-state index contributed by atoms with van der Waals surface area (Å²) < 4.78 is 6.82. The molecule has 3 rings (SSSR count). The number of nitrogens with two attached hydrogens (primary N) is 1. The van der Waals surface area contributed by atoms with Crippen LogP contribution in [0, 0.1) is 0 Å². The molecule has 0 aromatic heterocycles. The van der Waals surface area contributed by atoms with Crippen molar-refractivity contribution in [3.63, 3.8) is 0 Å². The Morgan fingerprint density at radius 3 is 2.58 bits per heavy atom. The van der Waals surface area contributed by atoms with Gasteiger partial charge in [0.05, 0.1) is 4.47 Å². The molecule has 2 nitrogen and oxygen atoms in total. The zero-order valence-corrected chi connectivity index (χ0v) is 11.7. The summed E-state index contributed by atoms with van der Waals surface area (Å²) in [5, 5.41) is 2.30. The van der Waals surface area contributed by atoms with Crippen molar-refractivity contribution in [1.82, 2.24) is 0 Å². The minimum Gasteiger partial charge on any atom is -0.456 e. The van der Waals surface area contributed by atoms with Gasteiger partial charge in [0.2, 0.25) is 0 Å². The van der Waals surface area contributed by atoms with Gasteiger partial charge >= 0.3 is 0 Å². The van der Waals surface area contributed by atoms with E-state index < -0.39 is 0 Å². The zero-order valence-electron chi connectivity index (χ0n) is 10.1. The van der Waals surface area contributed by atoms with E-state index in [1.807, 2.05) is 48.5 Å². The molecule has 0 aliphatic rings. The number of halogens is 1. The highest BCUT2D eigenvalue weighted by molar-refractivity contribution is 9.10. The van der Waals surface area contributed by atoms with Crippen LogP contribution in [0.15, 0.2) is 65.1 Å². The van der Waals surface area contributed by atoms with Gasteiger partial charge in [0, 0.05) is 11.8 Å². The maximum atomic E-state index is 5.87. The van der Waals surface area contributed by atoms with Crippen molar-refractivity contribution < 1.29 is 4.74 Å². The van der Waals surface area contributed by atoms with Crippen molar-refractivity contribution in [3.05, 3.63) is 65.1 Å². The Bertz CT molecular complexity index is 740. The standard InChI is InChI=1S/C16H12BrNO/c17-16-14-7-2-1-4-11(14)8-9-15(16)19-13-6-3-5-12(18)10-13/h1-10H,18H2. The van der Waals surface area contributed by atoms with Crippen LogP contribution in [0.4, 0.5) is 5.69 Å². The molecule has 0 aliphatic carbocycles. The highest BCUT2D eigenvalue weighted by atomic mass is 79.9. The Labute approximate surface area is 119 Å². The number of hydrogen-bond acceptors (Lipinski definition) is 2. The number of rotatable bonds is 2. The molecule has 0 bridgehead atoms. The molecule has 94 valence electrons. The fourth-order valence-corrected chi connectivity index (χ4v) is 2.57. The molecular weight excluding hydrogens is 302 g/mol. The normalized spacial score (nSPS) is 10.6. The van der Waals surface area contributed by atoms with E-state index in [1.54, 1.807) is 0 Å². The van der Waals surface area contributed by atoms with Gasteiger partial charge in [-0.2, -0.15) is 0 Å². The molecule has 0 amide bonds. The predicted molar refractivity (Wildman–Crippen MR) is 82.6 cm³/mol. The summed E-state index contributed by atoms with van der Waals surface area (Å²) in [6, 6.07) is 19.6. The van der Waals surface area contributed by atoms with Crippen LogP contribution in [0.25, 0.3) is 10.8 Å². The van der Waals surface area contributed by atoms with E-state index in [1.165, 1.54) is 5.39 Å². The van der Waals surface area contributed by atoms with Crippen molar-refractivity contribution in [3.8, 4) is 11.5 Å². The van der Waals surface area contributed by atoms with Crippen LogP contribution in [0.2, 0.25) is 0 Å². The van der Waals surface area contributed by atoms with Crippen molar-refractivity contribution in [2.45, 2.75) is 0 Å². The van der Waals surface area contributed by atoms with Crippen LogP contribution in [0.1, 0.15) is 0 Å². The molecule has 0 spiro atoms. The Morgan fingerprint density at radius 1 is 0.895 bits per heavy atom. The molecule has 0 radical (unpaired) electrons. The molecule has 3 aromatic rings. The molecule has 2 N–H and O–H groups in total. The van der Waals surface area contributed by atoms with Gasteiger partial charge in [0.1, 0.15) is 11.5 Å². The maximum Gasteiger partial charge on any atom is 0.142 e. The summed E-state index contributed by atoms with van der Waals surface area (Å²) in [5.74, 6) is 1.51. The second kappa shape index (κ2) is 4.94. The first-order valence-electron chi connectivity index (χ1n) is 5.95. The lowest BCUT2D eigenvalue weighted by Gasteiger charge is -2.10. The third-order valence-corrected chi connectivity index (χ3v) is 3.73. The van der Waals surface area contributed by atoms with E-state index in [-0.39, 0.29) is 0 Å². The summed E-state index contributed by atoms with van der Waals surface area (Å²) >= 11 is 3.60. The number of hydrogen-bond donors (Lipinski definition) is 1. The smallest absolute Gasteiger partial charge is 0.142 e. The van der Waals surface area contributed by atoms with Gasteiger partial charge in [-0.05, 0) is 44.9 Å². The molecule has 3 heteroatoms. The summed E-state index contributed by atoms with van der Waals surface area (Å²) in [5.41, 5.74) is 6.44. The van der Waals surface area contributed by atoms with Crippen LogP contribution in [0.5, 0.6) is 11.5 Å². The average molecular weight is 314 g/mol. The van der Waals surface area contributed by atoms with Crippen LogP contribution < -0.4 is 10.5 Å². The SMILES string of the molecule is Nc1cccc(Oc2ccc3ccccc3c2Br)c1. The highest BCUT2D eigenvalue weighted by Gasteiger charge is 2.07. The monoisotopic (exact) mass is 313 g/mol. The maximum absolute atomic E-state index is 5.87. The van der Waals surface area contributed by atoms with Gasteiger partial charge in [-0.3, -0.25) is 0 Å². The summed E-state index contributed by atoms with van der Waals surface area (Å²) in [4.78, 5) is 0. The van der Waals surface area contributed by atoms with Crippen LogP contribution in [-0.4, -0.2) is 0 Å². The molecule has 0 aliphatic heterocycles. The number of nitrogen functional groups attached to an aromatic ring is 1. The number of anilines is 1. The lowest BCUT2D eigenvalue weighted by atomic mass is 10.1. The predicted octanol–water partition coefficient (Wildman–Crippen LogP) is 4.98. The molecular formula is C16H12BrNO. The fourth-order valence-electron chi connectivity index (χ4n) is 2.00. The molecule has 3 aromatic carbocycles. The number of benzene rings is 3. The molecule has 0 fully saturated rings. The van der Waals surface area contributed by atoms with Gasteiger partial charge in [-0.25, -0.2) is 0 Å². The van der Waals surface area contributed by atoms with Gasteiger partial charge in [-0.1, -0.05) is 36.4 Å². The third-order valence-electron chi connectivity index (χ3n) is 2.91. The topological polar surface area (TPSA) is 35.2 Å². The number of ether oxygens (including phenoxy) is 1.